The Morgan fingerprint density at radius 2 is 1.56 bits per heavy atom. The molecule has 0 saturated heterocycles. The Morgan fingerprint density at radius 1 is 1.22 bits per heavy atom. The molecule has 0 aliphatic rings. The molecule has 56 valence electrons. The molecule has 0 aromatic rings. The fourth-order valence-electron chi connectivity index (χ4n) is 0.226. The Morgan fingerprint density at radius 3 is 1.78 bits per heavy atom. The van der Waals surface area contributed by atoms with Crippen LogP contribution in [-0.4, -0.2) is 55.0 Å². The quantitative estimate of drug-likeness (QED) is 0.607. The maximum atomic E-state index is 10.4. The molecule has 0 aromatic carbocycles. The summed E-state index contributed by atoms with van der Waals surface area (Å²) < 4.78 is 19.7. The molecule has 0 fully saturated rings. The van der Waals surface area contributed by atoms with E-state index in [0.29, 0.717) is 13.2 Å². The molecule has 2 radical (unpaired) electrons. The molecule has 0 aliphatic carbocycles. The fourth-order valence-corrected chi connectivity index (χ4v) is 1.18. The van der Waals surface area contributed by atoms with E-state index in [1.807, 2.05) is 0 Å². The predicted molar refractivity (Wildman–Crippen MR) is 38.2 cm³/mol. The maximum absolute atomic E-state index is 10.4. The number of hydrogen-bond acceptors (Lipinski definition) is 3. The molecule has 0 heterocycles. The van der Waals surface area contributed by atoms with Crippen LogP contribution in [0.1, 0.15) is 13.8 Å². The molecule has 0 amide bonds. The molecule has 0 N–H and O–H groups in total. The normalized spacial score (nSPS) is 9.22. The van der Waals surface area contributed by atoms with Gasteiger partial charge in [-0.1, -0.05) is 0 Å². The standard InChI is InChI=1S/C4H10O3Se.Pb.2H/c1-3-6-8(5)7-4-2;;;/h3-4H2,1-2H3;;;. The molecular formula is C4H12O3PbSe. The van der Waals surface area contributed by atoms with Crippen LogP contribution >= 0.6 is 0 Å². The first-order valence-corrected chi connectivity index (χ1v) is 4.59. The van der Waals surface area contributed by atoms with Crippen LogP contribution in [0.5, 0.6) is 0 Å². The van der Waals surface area contributed by atoms with E-state index >= 15 is 0 Å². The molecule has 0 atom stereocenters. The molecule has 3 nitrogen and oxygen atoms in total. The second-order valence-electron chi connectivity index (χ2n) is 1.02. The Bertz CT molecular complexity index is 70.2. The van der Waals surface area contributed by atoms with Gasteiger partial charge >= 0.3 is 80.3 Å². The second kappa shape index (κ2) is 9.16. The third kappa shape index (κ3) is 9.16. The topological polar surface area (TPSA) is 35.5 Å². The van der Waals surface area contributed by atoms with Crippen molar-refractivity contribution >= 4 is 41.8 Å². The Kier molecular flexibility index (Phi) is 13.0. The van der Waals surface area contributed by atoms with Crippen molar-refractivity contribution in [3.8, 4) is 0 Å². The summed E-state index contributed by atoms with van der Waals surface area (Å²) in [6, 6.07) is 0. The van der Waals surface area contributed by atoms with E-state index in [1.54, 1.807) is 13.8 Å². The van der Waals surface area contributed by atoms with Gasteiger partial charge in [-0.2, -0.15) is 0 Å². The van der Waals surface area contributed by atoms with E-state index in [0.717, 1.165) is 0 Å². The van der Waals surface area contributed by atoms with Crippen molar-refractivity contribution in [1.82, 2.24) is 0 Å². The summed E-state index contributed by atoms with van der Waals surface area (Å²) in [7, 11) is 0. The van der Waals surface area contributed by atoms with Crippen LogP contribution in [-0.2, 0) is 11.5 Å². The zero-order valence-electron chi connectivity index (χ0n) is 5.75. The summed E-state index contributed by atoms with van der Waals surface area (Å²) in [6.45, 7) is 4.50. The summed E-state index contributed by atoms with van der Waals surface area (Å²) in [5.74, 6) is 0. The summed E-state index contributed by atoms with van der Waals surface area (Å²) >= 11 is -2.34. The van der Waals surface area contributed by atoms with Gasteiger partial charge in [0.2, 0.25) is 0 Å². The molecule has 0 aliphatic heterocycles. The Labute approximate surface area is 80.0 Å². The first-order chi connectivity index (χ1) is 3.81. The third-order valence-electron chi connectivity index (χ3n) is 0.428. The zero-order chi connectivity index (χ0) is 6.41. The van der Waals surface area contributed by atoms with Crippen LogP contribution in [0.15, 0.2) is 0 Å². The van der Waals surface area contributed by atoms with Gasteiger partial charge in [0.25, 0.3) is 0 Å². The minimum atomic E-state index is -2.34. The van der Waals surface area contributed by atoms with Crippen molar-refractivity contribution < 1.29 is 11.5 Å². The monoisotopic (exact) mass is 396 g/mol. The average Bonchev–Trinajstić information content (AvgIpc) is 1.68. The van der Waals surface area contributed by atoms with Crippen molar-refractivity contribution in [2.75, 3.05) is 13.2 Å². The first kappa shape index (κ1) is 12.8. The SMILES string of the molecule is CCO[Se](=O)OCC.[PbH2]. The Hall–Kier alpha value is 1.16. The number of hydrogen-bond donors (Lipinski definition) is 0. The van der Waals surface area contributed by atoms with Gasteiger partial charge in [0.05, 0.1) is 0 Å². The van der Waals surface area contributed by atoms with Gasteiger partial charge in [0.1, 0.15) is 0 Å². The van der Waals surface area contributed by atoms with E-state index < -0.39 is 14.5 Å². The van der Waals surface area contributed by atoms with Crippen LogP contribution in [0, 0.1) is 0 Å². The average molecular weight is 394 g/mol. The van der Waals surface area contributed by atoms with Crippen molar-refractivity contribution in [1.29, 1.82) is 0 Å². The van der Waals surface area contributed by atoms with E-state index in [1.165, 1.54) is 0 Å². The van der Waals surface area contributed by atoms with Crippen LogP contribution in [0.2, 0.25) is 0 Å². The van der Waals surface area contributed by atoms with Crippen molar-refractivity contribution in [3.05, 3.63) is 0 Å². The van der Waals surface area contributed by atoms with Crippen molar-refractivity contribution in [2.45, 2.75) is 13.8 Å². The van der Waals surface area contributed by atoms with Crippen LogP contribution in [0.25, 0.3) is 0 Å². The summed E-state index contributed by atoms with van der Waals surface area (Å²) in [5, 5.41) is 0. The van der Waals surface area contributed by atoms with Gasteiger partial charge in [-0.25, -0.2) is 0 Å². The van der Waals surface area contributed by atoms with Gasteiger partial charge in [-0.05, 0) is 0 Å². The van der Waals surface area contributed by atoms with Gasteiger partial charge in [0, 0.05) is 0 Å². The molecule has 5 heteroatoms. The molecule has 0 unspecified atom stereocenters. The van der Waals surface area contributed by atoms with Crippen LogP contribution in [0.4, 0.5) is 0 Å². The summed E-state index contributed by atoms with van der Waals surface area (Å²) in [4.78, 5) is 0. The van der Waals surface area contributed by atoms with Gasteiger partial charge in [-0.3, -0.25) is 0 Å². The molecule has 9 heavy (non-hydrogen) atoms. The minimum absolute atomic E-state index is 0. The molecule has 0 saturated carbocycles. The summed E-state index contributed by atoms with van der Waals surface area (Å²) in [5.41, 5.74) is 0. The molecule has 0 rings (SSSR count). The van der Waals surface area contributed by atoms with Crippen LogP contribution < -0.4 is 0 Å². The molecule has 0 spiro atoms. The molecular weight excluding hydrogens is 382 g/mol. The van der Waals surface area contributed by atoms with E-state index in [-0.39, 0.29) is 27.3 Å². The second-order valence-corrected chi connectivity index (χ2v) is 2.86. The van der Waals surface area contributed by atoms with Gasteiger partial charge in [-0.15, -0.1) is 0 Å². The fraction of sp³-hybridized carbons (Fsp3) is 1.00. The summed E-state index contributed by atoms with van der Waals surface area (Å²) in [6.07, 6.45) is 0. The van der Waals surface area contributed by atoms with Gasteiger partial charge in [0.15, 0.2) is 0 Å². The number of rotatable bonds is 4. The first-order valence-electron chi connectivity index (χ1n) is 2.49. The van der Waals surface area contributed by atoms with Crippen molar-refractivity contribution in [3.63, 3.8) is 0 Å². The van der Waals surface area contributed by atoms with Crippen LogP contribution in [0.3, 0.4) is 0 Å². The zero-order valence-corrected chi connectivity index (χ0v) is 13.0. The molecule has 0 aromatic heterocycles. The van der Waals surface area contributed by atoms with E-state index in [9.17, 15) is 3.83 Å². The van der Waals surface area contributed by atoms with E-state index in [2.05, 4.69) is 7.64 Å². The van der Waals surface area contributed by atoms with Crippen molar-refractivity contribution in [2.24, 2.45) is 0 Å². The van der Waals surface area contributed by atoms with Gasteiger partial charge < -0.3 is 0 Å². The Balaban J connectivity index is 0. The third-order valence-corrected chi connectivity index (χ3v) is 2.22. The predicted octanol–water partition coefficient (Wildman–Crippen LogP) is -0.441. The van der Waals surface area contributed by atoms with E-state index in [4.69, 9.17) is 0 Å². The molecule has 0 bridgehead atoms.